The summed E-state index contributed by atoms with van der Waals surface area (Å²) >= 11 is 0. The first-order valence-corrected chi connectivity index (χ1v) is 8.61. The molecule has 0 aliphatic heterocycles. The number of ketones is 1. The molecule has 2 N–H and O–H groups in total. The highest BCUT2D eigenvalue weighted by molar-refractivity contribution is 5.87. The van der Waals surface area contributed by atoms with E-state index in [1.165, 1.54) is 0 Å². The molecule has 5 heteroatoms. The van der Waals surface area contributed by atoms with Crippen LogP contribution in [0.3, 0.4) is 0 Å². The van der Waals surface area contributed by atoms with Gasteiger partial charge >= 0.3 is 5.97 Å². The Balaban J connectivity index is 2.05. The Morgan fingerprint density at radius 1 is 1.00 bits per heavy atom. The summed E-state index contributed by atoms with van der Waals surface area (Å²) in [5.74, 6) is -0.368. The van der Waals surface area contributed by atoms with Crippen molar-refractivity contribution in [3.05, 3.63) is 65.7 Å². The lowest BCUT2D eigenvalue weighted by atomic mass is 9.92. The van der Waals surface area contributed by atoms with Crippen LogP contribution in [0.15, 0.2) is 54.6 Å². The van der Waals surface area contributed by atoms with E-state index in [9.17, 15) is 9.59 Å². The lowest BCUT2D eigenvalue weighted by Gasteiger charge is -2.17. The Morgan fingerprint density at radius 3 is 2.23 bits per heavy atom. The molecule has 0 spiro atoms. The average molecular weight is 355 g/mol. The Hall–Kier alpha value is -2.66. The predicted octanol–water partition coefficient (Wildman–Crippen LogP) is 2.90. The quantitative estimate of drug-likeness (QED) is 0.700. The fourth-order valence-corrected chi connectivity index (χ4v) is 2.56. The second-order valence-corrected chi connectivity index (χ2v) is 6.30. The van der Waals surface area contributed by atoms with E-state index >= 15 is 0 Å². The zero-order valence-electron chi connectivity index (χ0n) is 15.2. The van der Waals surface area contributed by atoms with Gasteiger partial charge in [-0.25, -0.2) is 0 Å². The standard InChI is InChI=1S/C21H25NO4/c1-15(22)20(23)13-18(12-16-8-10-19(25-2)11-9-16)21(24)26-14-17-6-4-3-5-7-17/h3-11,15,18H,12-14,22H2,1-2H3/t15-,18+/m0/s1. The SMILES string of the molecule is COc1ccc(C[C@H](CC(=O)[C@H](C)N)C(=O)OCc2ccccc2)cc1. The average Bonchev–Trinajstić information content (AvgIpc) is 2.66. The molecule has 0 aromatic heterocycles. The maximum atomic E-state index is 12.6. The van der Waals surface area contributed by atoms with Crippen LogP contribution in [0.5, 0.6) is 5.75 Å². The number of Topliss-reactive ketones (excluding diaryl/α,β-unsaturated/α-hetero) is 1. The van der Waals surface area contributed by atoms with Crippen LogP contribution in [-0.2, 0) is 27.4 Å². The molecule has 138 valence electrons. The molecule has 26 heavy (non-hydrogen) atoms. The van der Waals surface area contributed by atoms with Crippen molar-refractivity contribution < 1.29 is 19.1 Å². The van der Waals surface area contributed by atoms with Gasteiger partial charge in [0.2, 0.25) is 0 Å². The fourth-order valence-electron chi connectivity index (χ4n) is 2.56. The summed E-state index contributed by atoms with van der Waals surface area (Å²) in [6.07, 6.45) is 0.480. The van der Waals surface area contributed by atoms with Gasteiger partial charge in [-0.15, -0.1) is 0 Å². The van der Waals surface area contributed by atoms with Gasteiger partial charge in [0.25, 0.3) is 0 Å². The van der Waals surface area contributed by atoms with E-state index in [1.807, 2.05) is 54.6 Å². The number of hydrogen-bond acceptors (Lipinski definition) is 5. The van der Waals surface area contributed by atoms with Crippen LogP contribution in [0.1, 0.15) is 24.5 Å². The predicted molar refractivity (Wildman–Crippen MR) is 99.7 cm³/mol. The molecule has 0 saturated carbocycles. The van der Waals surface area contributed by atoms with Crippen LogP contribution in [0.2, 0.25) is 0 Å². The summed E-state index contributed by atoms with van der Waals surface area (Å²) < 4.78 is 10.6. The van der Waals surface area contributed by atoms with E-state index in [-0.39, 0.29) is 18.8 Å². The summed E-state index contributed by atoms with van der Waals surface area (Å²) in [6, 6.07) is 16.3. The number of benzene rings is 2. The lowest BCUT2D eigenvalue weighted by molar-refractivity contribution is -0.151. The van der Waals surface area contributed by atoms with Gasteiger partial charge in [0.1, 0.15) is 18.1 Å². The summed E-state index contributed by atoms with van der Waals surface area (Å²) in [7, 11) is 1.60. The summed E-state index contributed by atoms with van der Waals surface area (Å²) in [4.78, 5) is 24.6. The second kappa shape index (κ2) is 9.73. The van der Waals surface area contributed by atoms with Gasteiger partial charge in [0, 0.05) is 6.42 Å². The molecule has 0 unspecified atom stereocenters. The number of rotatable bonds is 9. The molecule has 0 aliphatic carbocycles. The largest absolute Gasteiger partial charge is 0.497 e. The van der Waals surface area contributed by atoms with Gasteiger partial charge < -0.3 is 15.2 Å². The first-order valence-electron chi connectivity index (χ1n) is 8.61. The highest BCUT2D eigenvalue weighted by atomic mass is 16.5. The Morgan fingerprint density at radius 2 is 1.65 bits per heavy atom. The van der Waals surface area contributed by atoms with Crippen LogP contribution < -0.4 is 10.5 Å². The third-order valence-corrected chi connectivity index (χ3v) is 4.15. The number of hydrogen-bond donors (Lipinski definition) is 1. The van der Waals surface area contributed by atoms with E-state index in [1.54, 1.807) is 14.0 Å². The van der Waals surface area contributed by atoms with Crippen LogP contribution in [0.4, 0.5) is 0 Å². The fraction of sp³-hybridized carbons (Fsp3) is 0.333. The van der Waals surface area contributed by atoms with E-state index in [2.05, 4.69) is 0 Å². The molecule has 0 fully saturated rings. The zero-order valence-corrected chi connectivity index (χ0v) is 15.2. The molecule has 0 heterocycles. The number of ether oxygens (including phenoxy) is 2. The molecule has 5 nitrogen and oxygen atoms in total. The molecule has 0 bridgehead atoms. The van der Waals surface area contributed by atoms with E-state index in [0.717, 1.165) is 16.9 Å². The normalized spacial score (nSPS) is 12.9. The maximum Gasteiger partial charge on any atom is 0.310 e. The topological polar surface area (TPSA) is 78.6 Å². The minimum absolute atomic E-state index is 0.0668. The molecule has 0 amide bonds. The van der Waals surface area contributed by atoms with E-state index < -0.39 is 17.9 Å². The minimum atomic E-state index is -0.602. The second-order valence-electron chi connectivity index (χ2n) is 6.30. The Kier molecular flexibility index (Phi) is 7.36. The van der Waals surface area contributed by atoms with Crippen LogP contribution in [-0.4, -0.2) is 24.9 Å². The monoisotopic (exact) mass is 355 g/mol. The molecule has 2 atom stereocenters. The zero-order chi connectivity index (χ0) is 18.9. The van der Waals surface area contributed by atoms with Crippen molar-refractivity contribution >= 4 is 11.8 Å². The van der Waals surface area contributed by atoms with Gasteiger partial charge in [-0.1, -0.05) is 42.5 Å². The number of esters is 1. The Bertz CT molecular complexity index is 711. The van der Waals surface area contributed by atoms with Gasteiger partial charge in [-0.05, 0) is 36.6 Å². The Labute approximate surface area is 154 Å². The van der Waals surface area contributed by atoms with Crippen molar-refractivity contribution in [1.82, 2.24) is 0 Å². The van der Waals surface area contributed by atoms with Crippen molar-refractivity contribution in [3.8, 4) is 5.75 Å². The van der Waals surface area contributed by atoms with Crippen molar-refractivity contribution in [1.29, 1.82) is 0 Å². The molecule has 0 radical (unpaired) electrons. The number of nitrogens with two attached hydrogens (primary N) is 1. The maximum absolute atomic E-state index is 12.6. The highest BCUT2D eigenvalue weighted by Gasteiger charge is 2.25. The van der Waals surface area contributed by atoms with Crippen molar-refractivity contribution in [2.24, 2.45) is 11.7 Å². The molecular weight excluding hydrogens is 330 g/mol. The van der Waals surface area contributed by atoms with E-state index in [0.29, 0.717) is 6.42 Å². The van der Waals surface area contributed by atoms with Crippen molar-refractivity contribution in [2.45, 2.75) is 32.4 Å². The lowest BCUT2D eigenvalue weighted by Crippen LogP contribution is -2.32. The minimum Gasteiger partial charge on any atom is -0.497 e. The first kappa shape index (κ1) is 19.7. The first-order chi connectivity index (χ1) is 12.5. The third kappa shape index (κ3) is 6.01. The van der Waals surface area contributed by atoms with Crippen LogP contribution >= 0.6 is 0 Å². The van der Waals surface area contributed by atoms with Crippen LogP contribution in [0.25, 0.3) is 0 Å². The van der Waals surface area contributed by atoms with Crippen molar-refractivity contribution in [3.63, 3.8) is 0 Å². The number of methoxy groups -OCH3 is 1. The van der Waals surface area contributed by atoms with Gasteiger partial charge in [-0.3, -0.25) is 9.59 Å². The molecular formula is C21H25NO4. The van der Waals surface area contributed by atoms with Crippen molar-refractivity contribution in [2.75, 3.05) is 7.11 Å². The number of carbonyl (C=O) groups excluding carboxylic acids is 2. The van der Waals surface area contributed by atoms with Gasteiger partial charge in [0.15, 0.2) is 0 Å². The summed E-state index contributed by atoms with van der Waals surface area (Å²) in [6.45, 7) is 1.81. The third-order valence-electron chi connectivity index (χ3n) is 4.15. The molecule has 0 aliphatic rings. The smallest absolute Gasteiger partial charge is 0.310 e. The van der Waals surface area contributed by atoms with E-state index in [4.69, 9.17) is 15.2 Å². The highest BCUT2D eigenvalue weighted by Crippen LogP contribution is 2.19. The summed E-state index contributed by atoms with van der Waals surface area (Å²) in [5, 5.41) is 0. The molecule has 2 aromatic rings. The van der Waals surface area contributed by atoms with Gasteiger partial charge in [0.05, 0.1) is 19.1 Å². The molecule has 2 rings (SSSR count). The van der Waals surface area contributed by atoms with Crippen LogP contribution in [0, 0.1) is 5.92 Å². The summed E-state index contributed by atoms with van der Waals surface area (Å²) in [5.41, 5.74) is 7.50. The number of carbonyl (C=O) groups is 2. The molecule has 0 saturated heterocycles. The molecule has 2 aromatic carbocycles. The van der Waals surface area contributed by atoms with Gasteiger partial charge in [-0.2, -0.15) is 0 Å².